The molecule has 3 unspecified atom stereocenters. The van der Waals surface area contributed by atoms with Gasteiger partial charge in [-0.2, -0.15) is 0 Å². The molecule has 0 saturated carbocycles. The highest BCUT2D eigenvalue weighted by atomic mass is 35.5. The Kier molecular flexibility index (Phi) is 3.35. The van der Waals surface area contributed by atoms with Crippen LogP contribution in [0.3, 0.4) is 0 Å². The minimum Gasteiger partial charge on any atom is -0.394 e. The maximum absolute atomic E-state index is 13.9. The van der Waals surface area contributed by atoms with E-state index in [1.54, 1.807) is 0 Å². The standard InChI is InChI=1S/C11H11ClFN3O4/c12-9-6-4(13)1-16(10(6)15-3-14-9)11-8(19)7(18)5(2-17)20-11/h1,3,5,7-8,11,17-19H,2H2/t5?,7-,8?,11?/m1/s1. The van der Waals surface area contributed by atoms with E-state index in [-0.39, 0.29) is 16.2 Å². The summed E-state index contributed by atoms with van der Waals surface area (Å²) < 4.78 is 20.4. The summed E-state index contributed by atoms with van der Waals surface area (Å²) in [7, 11) is 0. The minimum absolute atomic E-state index is 0.00639. The molecular weight excluding hydrogens is 293 g/mol. The van der Waals surface area contributed by atoms with Crippen molar-refractivity contribution < 1.29 is 24.4 Å². The Morgan fingerprint density at radius 3 is 2.75 bits per heavy atom. The third-order valence-electron chi connectivity index (χ3n) is 3.31. The first-order chi connectivity index (χ1) is 9.54. The van der Waals surface area contributed by atoms with Crippen molar-refractivity contribution >= 4 is 22.6 Å². The van der Waals surface area contributed by atoms with Gasteiger partial charge in [0.1, 0.15) is 35.4 Å². The number of nitrogens with zero attached hydrogens (tertiary/aromatic N) is 3. The molecule has 9 heteroatoms. The van der Waals surface area contributed by atoms with Crippen molar-refractivity contribution in [1.82, 2.24) is 14.5 Å². The summed E-state index contributed by atoms with van der Waals surface area (Å²) in [5.41, 5.74) is 0.136. The predicted molar refractivity (Wildman–Crippen MR) is 65.5 cm³/mol. The van der Waals surface area contributed by atoms with Gasteiger partial charge in [0.2, 0.25) is 0 Å². The van der Waals surface area contributed by atoms with Crippen LogP contribution in [-0.4, -0.2) is 54.8 Å². The number of rotatable bonds is 2. The summed E-state index contributed by atoms with van der Waals surface area (Å²) in [6, 6.07) is 0. The molecule has 0 amide bonds. The summed E-state index contributed by atoms with van der Waals surface area (Å²) >= 11 is 5.81. The zero-order chi connectivity index (χ0) is 14.4. The van der Waals surface area contributed by atoms with Crippen LogP contribution in [-0.2, 0) is 4.74 Å². The van der Waals surface area contributed by atoms with Gasteiger partial charge >= 0.3 is 0 Å². The lowest BCUT2D eigenvalue weighted by Crippen LogP contribution is -2.33. The average Bonchev–Trinajstić information content (AvgIpc) is 2.90. The number of halogens is 2. The summed E-state index contributed by atoms with van der Waals surface area (Å²) in [6.07, 6.45) is -2.40. The fraction of sp³-hybridized carbons (Fsp3) is 0.455. The van der Waals surface area contributed by atoms with Gasteiger partial charge < -0.3 is 24.6 Å². The number of ether oxygens (including phenoxy) is 1. The van der Waals surface area contributed by atoms with Crippen LogP contribution in [0.25, 0.3) is 11.0 Å². The SMILES string of the molecule is OCC1OC(n2cc(F)c3c(Cl)ncnc32)C(O)[C@@H]1O. The third kappa shape index (κ3) is 1.88. The molecule has 3 N–H and O–H groups in total. The Hall–Kier alpha value is -1.32. The predicted octanol–water partition coefficient (Wildman–Crippen LogP) is -0.165. The van der Waals surface area contributed by atoms with Crippen LogP contribution in [0.4, 0.5) is 4.39 Å². The maximum Gasteiger partial charge on any atom is 0.164 e. The summed E-state index contributed by atoms with van der Waals surface area (Å²) in [5, 5.41) is 28.7. The van der Waals surface area contributed by atoms with E-state index in [0.29, 0.717) is 0 Å². The molecule has 1 aliphatic heterocycles. The van der Waals surface area contributed by atoms with E-state index in [1.165, 1.54) is 4.57 Å². The number of fused-ring (bicyclic) bond motifs is 1. The third-order valence-corrected chi connectivity index (χ3v) is 3.59. The van der Waals surface area contributed by atoms with Crippen molar-refractivity contribution in [3.63, 3.8) is 0 Å². The lowest BCUT2D eigenvalue weighted by Gasteiger charge is -2.16. The fourth-order valence-corrected chi connectivity index (χ4v) is 2.53. The van der Waals surface area contributed by atoms with E-state index in [0.717, 1.165) is 12.5 Å². The molecule has 20 heavy (non-hydrogen) atoms. The molecule has 0 spiro atoms. The number of aromatic nitrogens is 3. The van der Waals surface area contributed by atoms with Crippen LogP contribution >= 0.6 is 11.6 Å². The van der Waals surface area contributed by atoms with Gasteiger partial charge in [-0.15, -0.1) is 0 Å². The van der Waals surface area contributed by atoms with Gasteiger partial charge in [0, 0.05) is 6.20 Å². The first-order valence-electron chi connectivity index (χ1n) is 5.83. The lowest BCUT2D eigenvalue weighted by atomic mass is 10.1. The van der Waals surface area contributed by atoms with E-state index in [2.05, 4.69) is 9.97 Å². The van der Waals surface area contributed by atoms with E-state index in [4.69, 9.17) is 21.4 Å². The minimum atomic E-state index is -1.32. The monoisotopic (exact) mass is 303 g/mol. The van der Waals surface area contributed by atoms with E-state index >= 15 is 0 Å². The highest BCUT2D eigenvalue weighted by Gasteiger charge is 2.44. The van der Waals surface area contributed by atoms with Crippen molar-refractivity contribution in [2.24, 2.45) is 0 Å². The second kappa shape index (κ2) is 4.90. The Balaban J connectivity index is 2.10. The van der Waals surface area contributed by atoms with Gasteiger partial charge in [0.25, 0.3) is 0 Å². The molecular formula is C11H11ClFN3O4. The van der Waals surface area contributed by atoms with Crippen LogP contribution in [0.1, 0.15) is 6.23 Å². The molecule has 4 atom stereocenters. The number of hydrogen-bond donors (Lipinski definition) is 3. The zero-order valence-electron chi connectivity index (χ0n) is 10.0. The second-order valence-corrected chi connectivity index (χ2v) is 4.83. The van der Waals surface area contributed by atoms with Crippen LogP contribution in [0.15, 0.2) is 12.5 Å². The quantitative estimate of drug-likeness (QED) is 0.666. The van der Waals surface area contributed by atoms with E-state index < -0.39 is 37.0 Å². The van der Waals surface area contributed by atoms with Gasteiger partial charge in [-0.3, -0.25) is 0 Å². The highest BCUT2D eigenvalue weighted by Crippen LogP contribution is 2.34. The topological polar surface area (TPSA) is 101 Å². The van der Waals surface area contributed by atoms with Crippen LogP contribution in [0.2, 0.25) is 5.15 Å². The van der Waals surface area contributed by atoms with Crippen molar-refractivity contribution in [2.75, 3.05) is 6.61 Å². The number of aliphatic hydroxyl groups is 3. The Labute approximate surface area is 117 Å². The Morgan fingerprint density at radius 1 is 1.35 bits per heavy atom. The van der Waals surface area contributed by atoms with Crippen LogP contribution in [0.5, 0.6) is 0 Å². The molecule has 108 valence electrons. The lowest BCUT2D eigenvalue weighted by molar-refractivity contribution is -0.0510. The Bertz CT molecular complexity index is 652. The number of aliphatic hydroxyl groups excluding tert-OH is 3. The molecule has 0 radical (unpaired) electrons. The highest BCUT2D eigenvalue weighted by molar-refractivity contribution is 6.33. The summed E-state index contributed by atoms with van der Waals surface area (Å²) in [4.78, 5) is 7.59. The smallest absolute Gasteiger partial charge is 0.164 e. The molecule has 2 aromatic heterocycles. The molecule has 1 aliphatic rings. The normalized spacial score (nSPS) is 30.2. The molecule has 2 aromatic rings. The Morgan fingerprint density at radius 2 is 2.10 bits per heavy atom. The largest absolute Gasteiger partial charge is 0.394 e. The molecule has 7 nitrogen and oxygen atoms in total. The molecule has 0 aromatic carbocycles. The van der Waals surface area contributed by atoms with Gasteiger partial charge in [-0.25, -0.2) is 14.4 Å². The molecule has 0 bridgehead atoms. The van der Waals surface area contributed by atoms with Crippen LogP contribution in [0, 0.1) is 5.82 Å². The van der Waals surface area contributed by atoms with E-state index in [1.807, 2.05) is 0 Å². The molecule has 1 saturated heterocycles. The molecule has 0 aliphatic carbocycles. The second-order valence-electron chi connectivity index (χ2n) is 4.48. The molecule has 3 heterocycles. The van der Waals surface area contributed by atoms with Crippen LogP contribution < -0.4 is 0 Å². The van der Waals surface area contributed by atoms with Crippen molar-refractivity contribution in [2.45, 2.75) is 24.5 Å². The maximum atomic E-state index is 13.9. The van der Waals surface area contributed by atoms with Crippen molar-refractivity contribution in [3.8, 4) is 0 Å². The van der Waals surface area contributed by atoms with E-state index in [9.17, 15) is 14.6 Å². The zero-order valence-corrected chi connectivity index (χ0v) is 10.8. The average molecular weight is 304 g/mol. The van der Waals surface area contributed by atoms with Crippen molar-refractivity contribution in [3.05, 3.63) is 23.5 Å². The fourth-order valence-electron chi connectivity index (χ4n) is 2.31. The molecule has 3 rings (SSSR count). The van der Waals surface area contributed by atoms with Gasteiger partial charge in [-0.05, 0) is 0 Å². The summed E-state index contributed by atoms with van der Waals surface area (Å²) in [6.45, 7) is -0.466. The molecule has 1 fully saturated rings. The van der Waals surface area contributed by atoms with Gasteiger partial charge in [-0.1, -0.05) is 11.6 Å². The first kappa shape index (κ1) is 13.7. The van der Waals surface area contributed by atoms with Gasteiger partial charge in [0.05, 0.1) is 12.0 Å². The van der Waals surface area contributed by atoms with Crippen molar-refractivity contribution in [1.29, 1.82) is 0 Å². The van der Waals surface area contributed by atoms with Gasteiger partial charge in [0.15, 0.2) is 12.0 Å². The number of hydrogen-bond acceptors (Lipinski definition) is 6. The first-order valence-corrected chi connectivity index (χ1v) is 6.21. The summed E-state index contributed by atoms with van der Waals surface area (Å²) in [5.74, 6) is -0.664.